The summed E-state index contributed by atoms with van der Waals surface area (Å²) in [4.78, 5) is 42.2. The normalized spacial score (nSPS) is 14.5. The van der Waals surface area contributed by atoms with Gasteiger partial charge in [0.25, 0.3) is 11.5 Å². The average Bonchev–Trinajstić information content (AvgIpc) is 3.34. The Morgan fingerprint density at radius 3 is 2.49 bits per heavy atom. The Hall–Kier alpha value is -2.63. The molecule has 192 valence electrons. The highest BCUT2D eigenvalue weighted by molar-refractivity contribution is 7.89. The number of nitrogen functional groups attached to an aromatic ring is 1. The van der Waals surface area contributed by atoms with Crippen molar-refractivity contribution in [2.45, 2.75) is 57.9 Å². The van der Waals surface area contributed by atoms with Gasteiger partial charge in [-0.1, -0.05) is 38.8 Å². The molecule has 12 heteroatoms. The minimum Gasteiger partial charge on any atom is -0.383 e. The highest BCUT2D eigenvalue weighted by Crippen LogP contribution is 2.29. The lowest BCUT2D eigenvalue weighted by Gasteiger charge is -2.25. The molecule has 2 heterocycles. The van der Waals surface area contributed by atoms with Crippen LogP contribution in [0.5, 0.6) is 0 Å². The Morgan fingerprint density at radius 2 is 1.89 bits per heavy atom. The number of anilines is 2. The quantitative estimate of drug-likeness (QED) is 0.516. The number of hydrogen-bond donors (Lipinski definition) is 2. The highest BCUT2D eigenvalue weighted by atomic mass is 35.5. The van der Waals surface area contributed by atoms with Gasteiger partial charge in [0.15, 0.2) is 5.69 Å². The minimum atomic E-state index is -3.88. The third kappa shape index (κ3) is 5.62. The Labute approximate surface area is 209 Å². The zero-order valence-electron chi connectivity index (χ0n) is 20.2. The van der Waals surface area contributed by atoms with E-state index < -0.39 is 27.2 Å². The Balaban J connectivity index is 2.12. The number of rotatable bonds is 9. The zero-order chi connectivity index (χ0) is 25.9. The van der Waals surface area contributed by atoms with Crippen LogP contribution in [0.15, 0.2) is 32.7 Å². The number of nitrogens with one attached hydrogen (secondary N) is 1. The van der Waals surface area contributed by atoms with Gasteiger partial charge in [0.05, 0.1) is 5.02 Å². The number of hydrogen-bond acceptors (Lipinski definition) is 6. The molecule has 0 aliphatic carbocycles. The Kier molecular flexibility index (Phi) is 8.45. The Morgan fingerprint density at radius 1 is 1.23 bits per heavy atom. The number of aromatic amines is 1. The summed E-state index contributed by atoms with van der Waals surface area (Å²) < 4.78 is 28.9. The number of unbranched alkanes of at least 4 members (excludes halogenated alkanes) is 1. The number of amides is 1. The van der Waals surface area contributed by atoms with Crippen molar-refractivity contribution < 1.29 is 13.2 Å². The van der Waals surface area contributed by atoms with E-state index in [9.17, 15) is 22.8 Å². The molecule has 0 radical (unpaired) electrons. The maximum absolute atomic E-state index is 13.7. The SMILES string of the molecule is CCCCN(C(=O)c1ccc(Cl)c(S(=O)(=O)N2CCCC2)c1)c1c(N)n(CC(C)C)c(=O)[nH]c1=O. The van der Waals surface area contributed by atoms with Crippen LogP contribution in [0.4, 0.5) is 11.5 Å². The fourth-order valence-corrected chi connectivity index (χ4v) is 6.09. The van der Waals surface area contributed by atoms with Gasteiger partial charge < -0.3 is 10.6 Å². The van der Waals surface area contributed by atoms with E-state index in [2.05, 4.69) is 4.98 Å². The van der Waals surface area contributed by atoms with Gasteiger partial charge in [0, 0.05) is 31.7 Å². The molecule has 1 aromatic carbocycles. The van der Waals surface area contributed by atoms with Gasteiger partial charge in [-0.15, -0.1) is 0 Å². The molecule has 1 amide bonds. The van der Waals surface area contributed by atoms with E-state index in [1.54, 1.807) is 0 Å². The first kappa shape index (κ1) is 27.0. The minimum absolute atomic E-state index is 0.0106. The molecule has 0 bridgehead atoms. The summed E-state index contributed by atoms with van der Waals surface area (Å²) in [6, 6.07) is 4.02. The molecule has 10 nitrogen and oxygen atoms in total. The number of halogens is 1. The van der Waals surface area contributed by atoms with Crippen LogP contribution in [0.2, 0.25) is 5.02 Å². The second-order valence-electron chi connectivity index (χ2n) is 9.06. The van der Waals surface area contributed by atoms with E-state index in [4.69, 9.17) is 17.3 Å². The largest absolute Gasteiger partial charge is 0.383 e. The molecule has 3 N–H and O–H groups in total. The Bertz CT molecular complexity index is 1310. The number of nitrogens with zero attached hydrogens (tertiary/aromatic N) is 3. The maximum atomic E-state index is 13.7. The third-order valence-corrected chi connectivity index (χ3v) is 8.25. The van der Waals surface area contributed by atoms with Crippen LogP contribution < -0.4 is 21.9 Å². The topological polar surface area (TPSA) is 139 Å². The van der Waals surface area contributed by atoms with E-state index in [-0.39, 0.29) is 46.0 Å². The summed E-state index contributed by atoms with van der Waals surface area (Å²) in [5, 5.41) is 0.0106. The molecular formula is C23H32ClN5O5S. The number of aromatic nitrogens is 2. The van der Waals surface area contributed by atoms with E-state index in [0.717, 1.165) is 19.3 Å². The molecule has 35 heavy (non-hydrogen) atoms. The highest BCUT2D eigenvalue weighted by Gasteiger charge is 2.31. The number of benzene rings is 1. The molecule has 0 unspecified atom stereocenters. The lowest BCUT2D eigenvalue weighted by Crippen LogP contribution is -2.42. The molecule has 1 aromatic heterocycles. The predicted molar refractivity (Wildman–Crippen MR) is 137 cm³/mol. The van der Waals surface area contributed by atoms with Crippen molar-refractivity contribution in [2.75, 3.05) is 30.3 Å². The summed E-state index contributed by atoms with van der Waals surface area (Å²) in [6.45, 7) is 6.91. The summed E-state index contributed by atoms with van der Waals surface area (Å²) in [5.41, 5.74) is 4.73. The van der Waals surface area contributed by atoms with Gasteiger partial charge in [-0.25, -0.2) is 13.2 Å². The van der Waals surface area contributed by atoms with Gasteiger partial charge in [0.2, 0.25) is 10.0 Å². The lowest BCUT2D eigenvalue weighted by molar-refractivity contribution is 0.0986. The molecule has 1 aliphatic heterocycles. The molecule has 0 atom stereocenters. The summed E-state index contributed by atoms with van der Waals surface area (Å²) in [6.07, 6.45) is 2.80. The molecule has 2 aromatic rings. The number of H-pyrrole nitrogens is 1. The number of carbonyl (C=O) groups is 1. The van der Waals surface area contributed by atoms with Gasteiger partial charge in [-0.3, -0.25) is 19.1 Å². The van der Waals surface area contributed by atoms with Gasteiger partial charge in [0.1, 0.15) is 10.7 Å². The van der Waals surface area contributed by atoms with Crippen LogP contribution in [-0.2, 0) is 16.6 Å². The van der Waals surface area contributed by atoms with Crippen LogP contribution in [0.25, 0.3) is 0 Å². The molecular weight excluding hydrogens is 494 g/mol. The van der Waals surface area contributed by atoms with Crippen LogP contribution in [0.3, 0.4) is 0 Å². The average molecular weight is 526 g/mol. The molecule has 1 saturated heterocycles. The van der Waals surface area contributed by atoms with E-state index in [1.165, 1.54) is 32.0 Å². The fraction of sp³-hybridized carbons (Fsp3) is 0.522. The van der Waals surface area contributed by atoms with Crippen LogP contribution in [0.1, 0.15) is 56.8 Å². The lowest BCUT2D eigenvalue weighted by atomic mass is 10.1. The van der Waals surface area contributed by atoms with Crippen molar-refractivity contribution in [3.8, 4) is 0 Å². The first-order valence-corrected chi connectivity index (χ1v) is 13.5. The van der Waals surface area contributed by atoms with Crippen molar-refractivity contribution in [1.29, 1.82) is 0 Å². The van der Waals surface area contributed by atoms with Crippen LogP contribution in [-0.4, -0.2) is 47.8 Å². The van der Waals surface area contributed by atoms with Crippen molar-refractivity contribution in [3.05, 3.63) is 49.6 Å². The maximum Gasteiger partial charge on any atom is 0.330 e. The predicted octanol–water partition coefficient (Wildman–Crippen LogP) is 2.66. The molecule has 3 rings (SSSR count). The molecule has 1 fully saturated rings. The monoisotopic (exact) mass is 525 g/mol. The van der Waals surface area contributed by atoms with E-state index in [1.807, 2.05) is 20.8 Å². The number of carbonyl (C=O) groups excluding carboxylic acids is 1. The van der Waals surface area contributed by atoms with Crippen LogP contribution >= 0.6 is 11.6 Å². The molecule has 0 spiro atoms. The van der Waals surface area contributed by atoms with Crippen LogP contribution in [0, 0.1) is 5.92 Å². The van der Waals surface area contributed by atoms with E-state index in [0.29, 0.717) is 19.5 Å². The summed E-state index contributed by atoms with van der Waals surface area (Å²) >= 11 is 6.24. The second-order valence-corrected chi connectivity index (χ2v) is 11.4. The number of sulfonamides is 1. The smallest absolute Gasteiger partial charge is 0.330 e. The van der Waals surface area contributed by atoms with Crippen molar-refractivity contribution in [3.63, 3.8) is 0 Å². The number of nitrogens with two attached hydrogens (primary N) is 1. The first-order chi connectivity index (χ1) is 16.5. The van der Waals surface area contributed by atoms with Gasteiger partial charge >= 0.3 is 5.69 Å². The van der Waals surface area contributed by atoms with Crippen molar-refractivity contribution in [1.82, 2.24) is 13.9 Å². The van der Waals surface area contributed by atoms with Crippen molar-refractivity contribution in [2.24, 2.45) is 5.92 Å². The zero-order valence-corrected chi connectivity index (χ0v) is 21.8. The summed E-state index contributed by atoms with van der Waals surface area (Å²) in [7, 11) is -3.88. The fourth-order valence-electron chi connectivity index (χ4n) is 4.07. The standard InChI is InChI=1S/C23H32ClN5O5S/c1-4-5-12-28(19-20(25)29(14-15(2)3)23(32)26-21(19)30)22(31)16-8-9-17(24)18(13-16)35(33,34)27-10-6-7-11-27/h8-9,13,15H,4-7,10-12,14,25H2,1-3H3,(H,26,30,32). The third-order valence-electron chi connectivity index (χ3n) is 5.87. The van der Waals surface area contributed by atoms with Crippen molar-refractivity contribution >= 4 is 39.0 Å². The van der Waals surface area contributed by atoms with Gasteiger partial charge in [-0.2, -0.15) is 4.31 Å². The summed E-state index contributed by atoms with van der Waals surface area (Å²) in [5.74, 6) is -0.668. The molecule has 0 saturated carbocycles. The molecule has 1 aliphatic rings. The van der Waals surface area contributed by atoms with E-state index >= 15 is 0 Å². The van der Waals surface area contributed by atoms with Gasteiger partial charge in [-0.05, 0) is 43.4 Å². The second kappa shape index (κ2) is 11.0. The first-order valence-electron chi connectivity index (χ1n) is 11.7.